The van der Waals surface area contributed by atoms with Gasteiger partial charge in [-0.05, 0) is 52.9 Å². The van der Waals surface area contributed by atoms with E-state index in [9.17, 15) is 14.0 Å². The summed E-state index contributed by atoms with van der Waals surface area (Å²) >= 11 is 1.18. The highest BCUT2D eigenvalue weighted by Crippen LogP contribution is 2.37. The molecule has 0 radical (unpaired) electrons. The normalized spacial score (nSPS) is 18.8. The SMILES string of the molecule is O=C(OC[C@@H]1C[C@@H](F)C(OC(=O)c2ccc(-c3ccccc3)cc2)S1)c1ccc(-c2ccccc2)cc1. The van der Waals surface area contributed by atoms with Crippen molar-refractivity contribution < 1.29 is 23.5 Å². The minimum Gasteiger partial charge on any atom is -0.461 e. The molecule has 3 atom stereocenters. The molecule has 0 bridgehead atoms. The monoisotopic (exact) mass is 512 g/mol. The standard InChI is InChI=1S/C31H25FO4S/c32-28-19-27(20-35-29(33)25-15-11-23(12-16-25)21-7-3-1-4-8-21)37-31(28)36-30(34)26-17-13-24(14-18-26)22-9-5-2-6-10-22/h1-18,27-28,31H,19-20H2/t27-,28+,31?/m0/s1. The van der Waals surface area contributed by atoms with E-state index in [2.05, 4.69) is 0 Å². The Balaban J connectivity index is 1.12. The Morgan fingerprint density at radius 3 is 1.65 bits per heavy atom. The summed E-state index contributed by atoms with van der Waals surface area (Å²) < 4.78 is 25.5. The molecule has 0 amide bonds. The number of hydrogen-bond acceptors (Lipinski definition) is 5. The molecule has 0 N–H and O–H groups in total. The lowest BCUT2D eigenvalue weighted by Crippen LogP contribution is -2.20. The van der Waals surface area contributed by atoms with Gasteiger partial charge in [0.1, 0.15) is 12.8 Å². The predicted octanol–water partition coefficient (Wildman–Crippen LogP) is 7.20. The minimum atomic E-state index is -1.33. The van der Waals surface area contributed by atoms with Gasteiger partial charge < -0.3 is 9.47 Å². The minimum absolute atomic E-state index is 0.0458. The van der Waals surface area contributed by atoms with Crippen molar-refractivity contribution in [1.29, 1.82) is 0 Å². The summed E-state index contributed by atoms with van der Waals surface area (Å²) in [7, 11) is 0. The van der Waals surface area contributed by atoms with Gasteiger partial charge in [0.2, 0.25) is 0 Å². The number of halogens is 1. The van der Waals surface area contributed by atoms with Crippen LogP contribution in [0.5, 0.6) is 0 Å². The Morgan fingerprint density at radius 2 is 1.14 bits per heavy atom. The molecular formula is C31H25FO4S. The van der Waals surface area contributed by atoms with Gasteiger partial charge in [0.25, 0.3) is 0 Å². The van der Waals surface area contributed by atoms with Crippen LogP contribution in [0.2, 0.25) is 0 Å². The molecule has 186 valence electrons. The highest BCUT2D eigenvalue weighted by Gasteiger charge is 2.38. The molecule has 4 nitrogen and oxygen atoms in total. The van der Waals surface area contributed by atoms with Crippen molar-refractivity contribution in [3.63, 3.8) is 0 Å². The Kier molecular flexibility index (Phi) is 7.66. The molecule has 1 unspecified atom stereocenters. The molecule has 1 fully saturated rings. The van der Waals surface area contributed by atoms with Crippen molar-refractivity contribution in [3.8, 4) is 22.3 Å². The highest BCUT2D eigenvalue weighted by molar-refractivity contribution is 8.00. The van der Waals surface area contributed by atoms with Crippen molar-refractivity contribution in [3.05, 3.63) is 120 Å². The van der Waals surface area contributed by atoms with E-state index >= 15 is 0 Å². The number of benzene rings is 4. The van der Waals surface area contributed by atoms with E-state index < -0.39 is 23.5 Å². The van der Waals surface area contributed by atoms with Crippen molar-refractivity contribution in [2.45, 2.75) is 23.3 Å². The fourth-order valence-electron chi connectivity index (χ4n) is 4.19. The van der Waals surface area contributed by atoms with E-state index in [4.69, 9.17) is 9.47 Å². The lowest BCUT2D eigenvalue weighted by atomic mass is 10.0. The molecular weight excluding hydrogens is 487 g/mol. The van der Waals surface area contributed by atoms with Crippen molar-refractivity contribution >= 4 is 23.7 Å². The van der Waals surface area contributed by atoms with Gasteiger partial charge in [-0.3, -0.25) is 0 Å². The molecule has 37 heavy (non-hydrogen) atoms. The Bertz CT molecular complexity index is 1340. The largest absolute Gasteiger partial charge is 0.461 e. The highest BCUT2D eigenvalue weighted by atomic mass is 32.2. The summed E-state index contributed by atoms with van der Waals surface area (Å²) in [5.74, 6) is -1.04. The van der Waals surface area contributed by atoms with Crippen LogP contribution in [0.1, 0.15) is 27.1 Å². The van der Waals surface area contributed by atoms with Gasteiger partial charge in [-0.15, -0.1) is 11.8 Å². The molecule has 0 aromatic heterocycles. The smallest absolute Gasteiger partial charge is 0.339 e. The van der Waals surface area contributed by atoms with E-state index in [1.54, 1.807) is 24.3 Å². The maximum Gasteiger partial charge on any atom is 0.339 e. The number of alkyl halides is 1. The van der Waals surface area contributed by atoms with Gasteiger partial charge >= 0.3 is 11.9 Å². The van der Waals surface area contributed by atoms with Crippen molar-refractivity contribution in [2.75, 3.05) is 6.61 Å². The fourth-order valence-corrected chi connectivity index (χ4v) is 5.43. The van der Waals surface area contributed by atoms with Crippen LogP contribution in [0.25, 0.3) is 22.3 Å². The summed E-state index contributed by atoms with van der Waals surface area (Å²) in [4.78, 5) is 25.1. The molecule has 6 heteroatoms. The lowest BCUT2D eigenvalue weighted by Gasteiger charge is -2.14. The number of esters is 2. The molecule has 0 aliphatic carbocycles. The summed E-state index contributed by atoms with van der Waals surface area (Å²) in [5, 5.41) is -0.291. The number of ether oxygens (including phenoxy) is 2. The number of carbonyl (C=O) groups is 2. The van der Waals surface area contributed by atoms with E-state index in [0.29, 0.717) is 11.1 Å². The van der Waals surface area contributed by atoms with Crippen LogP contribution in [-0.2, 0) is 9.47 Å². The van der Waals surface area contributed by atoms with E-state index in [-0.39, 0.29) is 18.3 Å². The molecule has 4 aromatic carbocycles. The van der Waals surface area contributed by atoms with Gasteiger partial charge in [0, 0.05) is 5.25 Å². The van der Waals surface area contributed by atoms with Gasteiger partial charge in [0.15, 0.2) is 5.44 Å². The zero-order valence-corrected chi connectivity index (χ0v) is 20.8. The summed E-state index contributed by atoms with van der Waals surface area (Å²) in [6.45, 7) is 0.0458. The molecule has 5 rings (SSSR count). The lowest BCUT2D eigenvalue weighted by molar-refractivity contribution is 0.0330. The maximum absolute atomic E-state index is 14.6. The summed E-state index contributed by atoms with van der Waals surface area (Å²) in [6.07, 6.45) is -1.18. The molecule has 0 saturated carbocycles. The average Bonchev–Trinajstić information content (AvgIpc) is 3.31. The third-order valence-electron chi connectivity index (χ3n) is 6.19. The van der Waals surface area contributed by atoms with Crippen LogP contribution in [-0.4, -0.2) is 35.4 Å². The second kappa shape index (κ2) is 11.4. The van der Waals surface area contributed by atoms with E-state index in [1.807, 2.05) is 84.9 Å². The van der Waals surface area contributed by atoms with Crippen LogP contribution in [0.3, 0.4) is 0 Å². The summed E-state index contributed by atoms with van der Waals surface area (Å²) in [6, 6.07) is 33.9. The second-order valence-corrected chi connectivity index (χ2v) is 10.2. The van der Waals surface area contributed by atoms with Crippen molar-refractivity contribution in [2.24, 2.45) is 0 Å². The first-order valence-electron chi connectivity index (χ1n) is 12.1. The van der Waals surface area contributed by atoms with Crippen LogP contribution in [0, 0.1) is 0 Å². The molecule has 1 aliphatic heterocycles. The Hall–Kier alpha value is -3.90. The quantitative estimate of drug-likeness (QED) is 0.245. The number of rotatable bonds is 7. The van der Waals surface area contributed by atoms with Gasteiger partial charge in [-0.1, -0.05) is 84.9 Å². The Morgan fingerprint density at radius 1 is 0.676 bits per heavy atom. The first-order chi connectivity index (χ1) is 18.1. The topological polar surface area (TPSA) is 52.6 Å². The van der Waals surface area contributed by atoms with Crippen molar-refractivity contribution in [1.82, 2.24) is 0 Å². The average molecular weight is 513 g/mol. The Labute approximate surface area is 219 Å². The van der Waals surface area contributed by atoms with Gasteiger partial charge in [-0.2, -0.15) is 0 Å². The number of hydrogen-bond donors (Lipinski definition) is 0. The first kappa shape index (κ1) is 24.8. The zero-order valence-electron chi connectivity index (χ0n) is 20.0. The van der Waals surface area contributed by atoms with Crippen LogP contribution in [0.15, 0.2) is 109 Å². The van der Waals surface area contributed by atoms with E-state index in [0.717, 1.165) is 22.3 Å². The molecule has 4 aromatic rings. The maximum atomic E-state index is 14.6. The number of carbonyl (C=O) groups excluding carboxylic acids is 2. The van der Waals surface area contributed by atoms with Gasteiger partial charge in [0.05, 0.1) is 11.1 Å². The molecule has 0 spiro atoms. The first-order valence-corrected chi connectivity index (χ1v) is 13.0. The zero-order chi connectivity index (χ0) is 25.6. The number of thioether (sulfide) groups is 1. The van der Waals surface area contributed by atoms with E-state index in [1.165, 1.54) is 11.8 Å². The third kappa shape index (κ3) is 6.09. The van der Waals surface area contributed by atoms with Crippen LogP contribution in [0.4, 0.5) is 4.39 Å². The summed E-state index contributed by atoms with van der Waals surface area (Å²) in [5.41, 5.74) is 3.95. The predicted molar refractivity (Wildman–Crippen MR) is 144 cm³/mol. The second-order valence-electron chi connectivity index (χ2n) is 8.77. The van der Waals surface area contributed by atoms with Crippen LogP contribution >= 0.6 is 11.8 Å². The van der Waals surface area contributed by atoms with Gasteiger partial charge in [-0.25, -0.2) is 14.0 Å². The molecule has 1 aliphatic rings. The van der Waals surface area contributed by atoms with Crippen LogP contribution < -0.4 is 0 Å². The molecule has 1 saturated heterocycles. The fraction of sp³-hybridized carbons (Fsp3) is 0.161. The third-order valence-corrected chi connectivity index (χ3v) is 7.56. The molecule has 1 heterocycles.